The number of hydrogen-bond donors (Lipinski definition) is 1. The Kier molecular flexibility index (Phi) is 4.45. The van der Waals surface area contributed by atoms with Crippen molar-refractivity contribution in [1.82, 2.24) is 14.7 Å². The van der Waals surface area contributed by atoms with Gasteiger partial charge in [0.15, 0.2) is 0 Å². The van der Waals surface area contributed by atoms with Crippen LogP contribution in [-0.4, -0.2) is 9.36 Å². The molecule has 0 atom stereocenters. The first-order valence-electron chi connectivity index (χ1n) is 4.66. The molecule has 0 saturated carbocycles. The molecule has 2 aromatic rings. The second kappa shape index (κ2) is 5.86. The van der Waals surface area contributed by atoms with Gasteiger partial charge >= 0.3 is 0 Å². The smallest absolute Gasteiger partial charge is 0.106 e. The van der Waals surface area contributed by atoms with Crippen LogP contribution in [0, 0.1) is 0 Å². The molecule has 0 aliphatic carbocycles. The summed E-state index contributed by atoms with van der Waals surface area (Å²) in [4.78, 5) is 5.38. The second-order valence-electron chi connectivity index (χ2n) is 3.19. The first kappa shape index (κ1) is 12.2. The number of nitrogens with one attached hydrogen (secondary N) is 1. The number of halogens is 2. The van der Waals surface area contributed by atoms with E-state index < -0.39 is 0 Å². The van der Waals surface area contributed by atoms with Crippen molar-refractivity contribution in [2.75, 3.05) is 0 Å². The van der Waals surface area contributed by atoms with Gasteiger partial charge in [-0.15, -0.1) is 0 Å². The first-order valence-corrected chi connectivity index (χ1v) is 7.02. The Balaban J connectivity index is 1.84. The van der Waals surface area contributed by atoms with E-state index in [9.17, 15) is 0 Å². The molecule has 0 spiro atoms. The van der Waals surface area contributed by atoms with Gasteiger partial charge in [-0.05, 0) is 55.0 Å². The lowest BCUT2D eigenvalue weighted by Gasteiger charge is -2.03. The Hall–Kier alpha value is -0.300. The van der Waals surface area contributed by atoms with Gasteiger partial charge in [-0.3, -0.25) is 0 Å². The maximum atomic E-state index is 4.17. The molecule has 2 rings (SSSR count). The van der Waals surface area contributed by atoms with Crippen LogP contribution < -0.4 is 5.32 Å². The molecule has 0 radical (unpaired) electrons. The Morgan fingerprint density at radius 1 is 1.19 bits per heavy atom. The lowest BCUT2D eigenvalue weighted by Crippen LogP contribution is -2.12. The number of aromatic nitrogens is 2. The van der Waals surface area contributed by atoms with Crippen LogP contribution in [0.15, 0.2) is 33.6 Å². The fourth-order valence-electron chi connectivity index (χ4n) is 1.20. The highest BCUT2D eigenvalue weighted by atomic mass is 79.9. The van der Waals surface area contributed by atoms with Crippen LogP contribution in [0.5, 0.6) is 0 Å². The van der Waals surface area contributed by atoms with Crippen molar-refractivity contribution in [3.63, 3.8) is 0 Å². The maximum Gasteiger partial charge on any atom is 0.106 e. The molecule has 6 heteroatoms. The summed E-state index contributed by atoms with van der Waals surface area (Å²) in [6, 6.07) is 3.99. The first-order chi connectivity index (χ1) is 7.75. The summed E-state index contributed by atoms with van der Waals surface area (Å²) in [5.74, 6) is 0. The van der Waals surface area contributed by atoms with E-state index in [1.807, 2.05) is 24.5 Å². The maximum absolute atomic E-state index is 4.17. The fourth-order valence-corrected chi connectivity index (χ4v) is 2.62. The Morgan fingerprint density at radius 3 is 2.69 bits per heavy atom. The minimum atomic E-state index is 0.810. The highest BCUT2D eigenvalue weighted by molar-refractivity contribution is 9.10. The highest BCUT2D eigenvalue weighted by Crippen LogP contribution is 2.19. The van der Waals surface area contributed by atoms with E-state index in [1.165, 1.54) is 22.0 Å². The van der Waals surface area contributed by atoms with Gasteiger partial charge < -0.3 is 5.32 Å². The molecule has 0 unspecified atom stereocenters. The summed E-state index contributed by atoms with van der Waals surface area (Å²) in [6.07, 6.45) is 3.68. The van der Waals surface area contributed by atoms with E-state index in [2.05, 4.69) is 46.5 Å². The van der Waals surface area contributed by atoms with Crippen LogP contribution in [0.1, 0.15) is 10.4 Å². The molecule has 0 aliphatic rings. The van der Waals surface area contributed by atoms with Gasteiger partial charge in [-0.25, -0.2) is 4.98 Å². The average Bonchev–Trinajstić information content (AvgIpc) is 2.68. The van der Waals surface area contributed by atoms with Crippen molar-refractivity contribution < 1.29 is 0 Å². The summed E-state index contributed by atoms with van der Waals surface area (Å²) in [5, 5.41) is 3.35. The van der Waals surface area contributed by atoms with Crippen molar-refractivity contribution in [3.05, 3.63) is 44.0 Å². The van der Waals surface area contributed by atoms with Crippen LogP contribution in [0.3, 0.4) is 0 Å². The molecule has 0 aromatic carbocycles. The van der Waals surface area contributed by atoms with Gasteiger partial charge in [-0.2, -0.15) is 4.37 Å². The zero-order valence-electron chi connectivity index (χ0n) is 8.28. The number of rotatable bonds is 4. The summed E-state index contributed by atoms with van der Waals surface area (Å²) >= 11 is 8.27. The minimum Gasteiger partial charge on any atom is -0.308 e. The van der Waals surface area contributed by atoms with Gasteiger partial charge in [0.05, 0.1) is 15.5 Å². The molecule has 16 heavy (non-hydrogen) atoms. The van der Waals surface area contributed by atoms with Crippen molar-refractivity contribution >= 4 is 43.4 Å². The predicted octanol–water partition coefficient (Wildman–Crippen LogP) is 3.35. The average molecular weight is 363 g/mol. The van der Waals surface area contributed by atoms with Crippen LogP contribution >= 0.6 is 43.4 Å². The van der Waals surface area contributed by atoms with E-state index in [0.717, 1.165) is 22.2 Å². The largest absolute Gasteiger partial charge is 0.308 e. The number of pyridine rings is 1. The molecule has 0 aliphatic heterocycles. The van der Waals surface area contributed by atoms with Gasteiger partial charge in [0.25, 0.3) is 0 Å². The molecule has 0 amide bonds. The number of nitrogens with zero attached hydrogens (tertiary/aromatic N) is 2. The normalized spacial score (nSPS) is 10.6. The zero-order chi connectivity index (χ0) is 11.4. The Bertz CT molecular complexity index is 455. The van der Waals surface area contributed by atoms with Crippen LogP contribution in [0.4, 0.5) is 0 Å². The third-order valence-corrected chi connectivity index (χ3v) is 4.21. The third kappa shape index (κ3) is 3.35. The van der Waals surface area contributed by atoms with E-state index in [1.54, 1.807) is 0 Å². The Morgan fingerprint density at radius 2 is 2.06 bits per heavy atom. The summed E-state index contributed by atoms with van der Waals surface area (Å²) in [5.41, 5.74) is 1.17. The molecule has 0 bridgehead atoms. The van der Waals surface area contributed by atoms with Gasteiger partial charge in [-0.1, -0.05) is 6.07 Å². The molecule has 2 aromatic heterocycles. The lowest BCUT2D eigenvalue weighted by atomic mass is 10.3. The zero-order valence-corrected chi connectivity index (χ0v) is 12.3. The van der Waals surface area contributed by atoms with Gasteiger partial charge in [0.1, 0.15) is 4.60 Å². The monoisotopic (exact) mass is 361 g/mol. The van der Waals surface area contributed by atoms with Crippen LogP contribution in [0.25, 0.3) is 0 Å². The predicted molar refractivity (Wildman–Crippen MR) is 72.3 cm³/mol. The van der Waals surface area contributed by atoms with Crippen molar-refractivity contribution in [1.29, 1.82) is 0 Å². The fraction of sp³-hybridized carbons (Fsp3) is 0.200. The summed E-state index contributed by atoms with van der Waals surface area (Å²) < 4.78 is 6.03. The van der Waals surface area contributed by atoms with Crippen molar-refractivity contribution in [3.8, 4) is 0 Å². The van der Waals surface area contributed by atoms with E-state index in [0.29, 0.717) is 0 Å². The van der Waals surface area contributed by atoms with Crippen molar-refractivity contribution in [2.24, 2.45) is 0 Å². The molecule has 0 saturated heterocycles. The molecule has 0 fully saturated rings. The molecule has 2 heterocycles. The highest BCUT2D eigenvalue weighted by Gasteiger charge is 2.01. The third-order valence-electron chi connectivity index (χ3n) is 2.00. The van der Waals surface area contributed by atoms with Gasteiger partial charge in [0, 0.05) is 19.3 Å². The SMILES string of the molecule is Brc1ccc(CNCc2sncc2Br)cn1. The lowest BCUT2D eigenvalue weighted by molar-refractivity contribution is 0.697. The summed E-state index contributed by atoms with van der Waals surface area (Å²) in [7, 11) is 0. The molecule has 1 N–H and O–H groups in total. The van der Waals surface area contributed by atoms with Crippen LogP contribution in [-0.2, 0) is 13.1 Å². The molecule has 84 valence electrons. The number of hydrogen-bond acceptors (Lipinski definition) is 4. The summed E-state index contributed by atoms with van der Waals surface area (Å²) in [6.45, 7) is 1.63. The molecular weight excluding hydrogens is 354 g/mol. The van der Waals surface area contributed by atoms with Gasteiger partial charge in [0.2, 0.25) is 0 Å². The quantitative estimate of drug-likeness (QED) is 0.847. The van der Waals surface area contributed by atoms with Crippen LogP contribution in [0.2, 0.25) is 0 Å². The van der Waals surface area contributed by atoms with E-state index in [4.69, 9.17) is 0 Å². The topological polar surface area (TPSA) is 37.8 Å². The minimum absolute atomic E-state index is 0.810. The molecular formula is C10H9Br2N3S. The van der Waals surface area contributed by atoms with E-state index in [-0.39, 0.29) is 0 Å². The Labute approximate surface area is 115 Å². The molecule has 3 nitrogen and oxygen atoms in total. The second-order valence-corrected chi connectivity index (χ2v) is 5.74. The van der Waals surface area contributed by atoms with Crippen molar-refractivity contribution in [2.45, 2.75) is 13.1 Å². The van der Waals surface area contributed by atoms with E-state index >= 15 is 0 Å². The standard InChI is InChI=1S/C10H9Br2N3S/c11-8-5-15-16-9(8)6-13-3-7-1-2-10(12)14-4-7/h1-2,4-5,13H,3,6H2.